The maximum atomic E-state index is 12.3. The van der Waals surface area contributed by atoms with Gasteiger partial charge in [0.05, 0.1) is 25.7 Å². The lowest BCUT2D eigenvalue weighted by molar-refractivity contribution is -0.121. The largest absolute Gasteiger partial charge is 0.497 e. The van der Waals surface area contributed by atoms with Gasteiger partial charge in [0.1, 0.15) is 11.4 Å². The van der Waals surface area contributed by atoms with Crippen LogP contribution in [0.25, 0.3) is 11.0 Å². The van der Waals surface area contributed by atoms with Gasteiger partial charge in [0, 0.05) is 17.8 Å². The standard InChI is InChI=1S/C19H21N3O3/c1-12(18(24)13-5-7-15(25-2)8-6-13)22-17(23)10-14-11-21-19-16(14)4-3-9-20-19/h3-9,11-12,18,24H,10H2,1-2H3,(H,20,21)(H,22,23). The average Bonchev–Trinajstić information content (AvgIpc) is 3.04. The molecule has 3 N–H and O–H groups in total. The van der Waals surface area contributed by atoms with E-state index < -0.39 is 12.1 Å². The van der Waals surface area contributed by atoms with Crippen molar-refractivity contribution in [3.63, 3.8) is 0 Å². The van der Waals surface area contributed by atoms with Gasteiger partial charge >= 0.3 is 0 Å². The first-order valence-corrected chi connectivity index (χ1v) is 8.11. The van der Waals surface area contributed by atoms with E-state index in [2.05, 4.69) is 15.3 Å². The number of amides is 1. The number of methoxy groups -OCH3 is 1. The van der Waals surface area contributed by atoms with Crippen molar-refractivity contribution in [3.05, 3.63) is 59.9 Å². The van der Waals surface area contributed by atoms with Crippen molar-refractivity contribution in [2.75, 3.05) is 7.11 Å². The Balaban J connectivity index is 1.63. The minimum absolute atomic E-state index is 0.148. The van der Waals surface area contributed by atoms with Crippen LogP contribution in [0, 0.1) is 0 Å². The SMILES string of the molecule is COc1ccc(C(O)C(C)NC(=O)Cc2c[nH]c3ncccc23)cc1. The van der Waals surface area contributed by atoms with Crippen LogP contribution in [0.1, 0.15) is 24.2 Å². The molecule has 0 bridgehead atoms. The fraction of sp³-hybridized carbons (Fsp3) is 0.263. The predicted octanol–water partition coefficient (Wildman–Crippen LogP) is 2.35. The summed E-state index contributed by atoms with van der Waals surface area (Å²) in [5.74, 6) is 0.574. The highest BCUT2D eigenvalue weighted by molar-refractivity contribution is 5.87. The summed E-state index contributed by atoms with van der Waals surface area (Å²) < 4.78 is 5.11. The van der Waals surface area contributed by atoms with E-state index in [-0.39, 0.29) is 12.3 Å². The predicted molar refractivity (Wildman–Crippen MR) is 95.4 cm³/mol. The van der Waals surface area contributed by atoms with E-state index in [0.717, 1.165) is 27.9 Å². The number of ether oxygens (including phenoxy) is 1. The van der Waals surface area contributed by atoms with Crippen LogP contribution in [-0.4, -0.2) is 34.1 Å². The highest BCUT2D eigenvalue weighted by Gasteiger charge is 2.19. The molecule has 2 aromatic heterocycles. The number of nitrogens with zero attached hydrogens (tertiary/aromatic N) is 1. The Morgan fingerprint density at radius 1 is 1.32 bits per heavy atom. The molecule has 1 amide bonds. The number of aromatic amines is 1. The number of carbonyl (C=O) groups is 1. The lowest BCUT2D eigenvalue weighted by Gasteiger charge is -2.21. The first kappa shape index (κ1) is 17.0. The maximum Gasteiger partial charge on any atom is 0.224 e. The summed E-state index contributed by atoms with van der Waals surface area (Å²) in [4.78, 5) is 19.6. The van der Waals surface area contributed by atoms with Crippen LogP contribution in [-0.2, 0) is 11.2 Å². The van der Waals surface area contributed by atoms with Gasteiger partial charge in [-0.2, -0.15) is 0 Å². The summed E-state index contributed by atoms with van der Waals surface area (Å²) in [6, 6.07) is 10.5. The van der Waals surface area contributed by atoms with E-state index in [1.54, 1.807) is 50.7 Å². The third kappa shape index (κ3) is 3.80. The normalized spacial score (nSPS) is 13.4. The number of aliphatic hydroxyl groups excluding tert-OH is 1. The Kier molecular flexibility index (Phi) is 5.00. The van der Waals surface area contributed by atoms with Gasteiger partial charge in [-0.15, -0.1) is 0 Å². The number of aliphatic hydroxyl groups is 1. The van der Waals surface area contributed by atoms with Crippen LogP contribution in [0.3, 0.4) is 0 Å². The first-order chi connectivity index (χ1) is 12.1. The molecule has 130 valence electrons. The molecule has 3 rings (SSSR count). The molecule has 25 heavy (non-hydrogen) atoms. The minimum atomic E-state index is -0.792. The van der Waals surface area contributed by atoms with E-state index in [1.165, 1.54) is 0 Å². The quantitative estimate of drug-likeness (QED) is 0.643. The van der Waals surface area contributed by atoms with E-state index in [0.29, 0.717) is 0 Å². The van der Waals surface area contributed by atoms with Gasteiger partial charge in [0.2, 0.25) is 5.91 Å². The highest BCUT2D eigenvalue weighted by Crippen LogP contribution is 2.21. The Bertz CT molecular complexity index is 858. The van der Waals surface area contributed by atoms with E-state index in [4.69, 9.17) is 4.74 Å². The smallest absolute Gasteiger partial charge is 0.224 e. The number of fused-ring (bicyclic) bond motifs is 1. The van der Waals surface area contributed by atoms with Gasteiger partial charge < -0.3 is 20.1 Å². The molecule has 6 nitrogen and oxygen atoms in total. The highest BCUT2D eigenvalue weighted by atomic mass is 16.5. The maximum absolute atomic E-state index is 12.3. The van der Waals surface area contributed by atoms with Gasteiger partial charge in [-0.1, -0.05) is 12.1 Å². The molecule has 0 aliphatic rings. The molecule has 0 aliphatic heterocycles. The number of aromatic nitrogens is 2. The number of benzene rings is 1. The molecule has 2 heterocycles. The van der Waals surface area contributed by atoms with E-state index in [9.17, 15) is 9.90 Å². The molecule has 0 saturated heterocycles. The van der Waals surface area contributed by atoms with Crippen molar-refractivity contribution in [2.45, 2.75) is 25.5 Å². The molecule has 0 fully saturated rings. The van der Waals surface area contributed by atoms with Crippen LogP contribution in [0.5, 0.6) is 5.75 Å². The monoisotopic (exact) mass is 339 g/mol. The zero-order chi connectivity index (χ0) is 17.8. The van der Waals surface area contributed by atoms with Crippen LogP contribution < -0.4 is 10.1 Å². The Labute approximate surface area is 145 Å². The zero-order valence-electron chi connectivity index (χ0n) is 14.2. The second kappa shape index (κ2) is 7.36. The summed E-state index contributed by atoms with van der Waals surface area (Å²) in [6.07, 6.45) is 2.93. The van der Waals surface area contributed by atoms with Gasteiger partial charge in [0.25, 0.3) is 0 Å². The zero-order valence-corrected chi connectivity index (χ0v) is 14.2. The molecule has 6 heteroatoms. The minimum Gasteiger partial charge on any atom is -0.497 e. The van der Waals surface area contributed by atoms with Crippen molar-refractivity contribution >= 4 is 16.9 Å². The molecule has 2 unspecified atom stereocenters. The van der Waals surface area contributed by atoms with Crippen molar-refractivity contribution < 1.29 is 14.6 Å². The summed E-state index contributed by atoms with van der Waals surface area (Å²) in [5.41, 5.74) is 2.37. The van der Waals surface area contributed by atoms with E-state index in [1.807, 2.05) is 12.1 Å². The third-order valence-electron chi connectivity index (χ3n) is 4.21. The Morgan fingerprint density at radius 2 is 2.08 bits per heavy atom. The number of hydrogen-bond acceptors (Lipinski definition) is 4. The van der Waals surface area contributed by atoms with Crippen molar-refractivity contribution in [3.8, 4) is 5.75 Å². The Hall–Kier alpha value is -2.86. The molecular formula is C19H21N3O3. The fourth-order valence-corrected chi connectivity index (χ4v) is 2.81. The molecule has 3 aromatic rings. The van der Waals surface area contributed by atoms with Crippen molar-refractivity contribution in [1.82, 2.24) is 15.3 Å². The Morgan fingerprint density at radius 3 is 2.80 bits per heavy atom. The number of H-pyrrole nitrogens is 1. The number of nitrogens with one attached hydrogen (secondary N) is 2. The lowest BCUT2D eigenvalue weighted by Crippen LogP contribution is -2.37. The van der Waals surface area contributed by atoms with Crippen LogP contribution >= 0.6 is 0 Å². The first-order valence-electron chi connectivity index (χ1n) is 8.11. The van der Waals surface area contributed by atoms with Crippen molar-refractivity contribution in [2.24, 2.45) is 0 Å². The number of carbonyl (C=O) groups excluding carboxylic acids is 1. The number of pyridine rings is 1. The molecule has 1 aromatic carbocycles. The van der Waals surface area contributed by atoms with Crippen LogP contribution in [0.2, 0.25) is 0 Å². The molecular weight excluding hydrogens is 318 g/mol. The molecule has 0 saturated carbocycles. The molecule has 0 radical (unpaired) electrons. The third-order valence-corrected chi connectivity index (χ3v) is 4.21. The molecule has 0 aliphatic carbocycles. The fourth-order valence-electron chi connectivity index (χ4n) is 2.81. The molecule has 2 atom stereocenters. The van der Waals surface area contributed by atoms with Gasteiger partial charge in [-0.25, -0.2) is 4.98 Å². The van der Waals surface area contributed by atoms with Crippen LogP contribution in [0.15, 0.2) is 48.8 Å². The van der Waals surface area contributed by atoms with Crippen LogP contribution in [0.4, 0.5) is 0 Å². The van der Waals surface area contributed by atoms with Gasteiger partial charge in [-0.05, 0) is 42.3 Å². The topological polar surface area (TPSA) is 87.2 Å². The summed E-state index contributed by atoms with van der Waals surface area (Å²) in [6.45, 7) is 1.78. The van der Waals surface area contributed by atoms with E-state index >= 15 is 0 Å². The second-order valence-electron chi connectivity index (χ2n) is 5.96. The van der Waals surface area contributed by atoms with Gasteiger partial charge in [-0.3, -0.25) is 4.79 Å². The summed E-state index contributed by atoms with van der Waals surface area (Å²) in [5, 5.41) is 14.2. The summed E-state index contributed by atoms with van der Waals surface area (Å²) >= 11 is 0. The summed E-state index contributed by atoms with van der Waals surface area (Å²) in [7, 11) is 1.59. The number of rotatable bonds is 6. The van der Waals surface area contributed by atoms with Gasteiger partial charge in [0.15, 0.2) is 0 Å². The average molecular weight is 339 g/mol. The molecule has 0 spiro atoms. The van der Waals surface area contributed by atoms with Crippen molar-refractivity contribution in [1.29, 1.82) is 0 Å². The second-order valence-corrected chi connectivity index (χ2v) is 5.96. The lowest BCUT2D eigenvalue weighted by atomic mass is 10.0. The number of hydrogen-bond donors (Lipinski definition) is 3.